The smallest absolute Gasteiger partial charge is 0.260 e. The molecule has 0 amide bonds. The molecule has 0 bridgehead atoms. The van der Waals surface area contributed by atoms with Crippen LogP contribution >= 0.6 is 0 Å². The van der Waals surface area contributed by atoms with E-state index in [1.54, 1.807) is 0 Å². The molecule has 1 aliphatic heterocycles. The predicted octanol–water partition coefficient (Wildman–Crippen LogP) is 0.750. The van der Waals surface area contributed by atoms with Crippen LogP contribution in [-0.4, -0.2) is 35.8 Å². The number of H-pyrrole nitrogens is 1. The fraction of sp³-hybridized carbons (Fsp3) is 0.444. The number of sulfonamides is 1. The Morgan fingerprint density at radius 1 is 1.53 bits per heavy atom. The van der Waals surface area contributed by atoms with Gasteiger partial charge in [0.1, 0.15) is 0 Å². The van der Waals surface area contributed by atoms with Crippen LogP contribution in [0.2, 0.25) is 0 Å². The highest BCUT2D eigenvalue weighted by Gasteiger charge is 2.26. The summed E-state index contributed by atoms with van der Waals surface area (Å²) >= 11 is 0. The van der Waals surface area contributed by atoms with Gasteiger partial charge in [0, 0.05) is 13.1 Å². The lowest BCUT2D eigenvalue weighted by atomic mass is 10.1. The van der Waals surface area contributed by atoms with Crippen molar-refractivity contribution < 1.29 is 8.42 Å². The first-order chi connectivity index (χ1) is 7.10. The van der Waals surface area contributed by atoms with E-state index in [-0.39, 0.29) is 5.03 Å². The molecule has 2 heterocycles. The van der Waals surface area contributed by atoms with Crippen LogP contribution in [0.3, 0.4) is 0 Å². The molecule has 15 heavy (non-hydrogen) atoms. The summed E-state index contributed by atoms with van der Waals surface area (Å²) in [5.74, 6) is 0. The maximum absolute atomic E-state index is 12.0. The van der Waals surface area contributed by atoms with Crippen LogP contribution < -0.4 is 0 Å². The Bertz CT molecular complexity index is 462. The molecule has 1 aliphatic rings. The number of nitrogens with zero attached hydrogens (tertiary/aromatic N) is 2. The Balaban J connectivity index is 2.25. The number of imidazole rings is 1. The van der Waals surface area contributed by atoms with E-state index < -0.39 is 10.0 Å². The molecule has 5 nitrogen and oxygen atoms in total. The van der Waals surface area contributed by atoms with Crippen molar-refractivity contribution in [3.8, 4) is 0 Å². The molecule has 0 radical (unpaired) electrons. The van der Waals surface area contributed by atoms with Gasteiger partial charge < -0.3 is 4.98 Å². The largest absolute Gasteiger partial charge is 0.335 e. The number of aromatic nitrogens is 2. The fourth-order valence-electron chi connectivity index (χ4n) is 1.49. The lowest BCUT2D eigenvalue weighted by Gasteiger charge is -2.23. The Hall–Kier alpha value is -1.14. The van der Waals surface area contributed by atoms with Gasteiger partial charge in [-0.2, -0.15) is 4.31 Å². The zero-order chi connectivity index (χ0) is 10.9. The third-order valence-corrected chi connectivity index (χ3v) is 4.28. The van der Waals surface area contributed by atoms with Crippen molar-refractivity contribution >= 4 is 10.0 Å². The molecule has 0 spiro atoms. The van der Waals surface area contributed by atoms with Crippen LogP contribution in [0.5, 0.6) is 0 Å². The summed E-state index contributed by atoms with van der Waals surface area (Å²) in [5.41, 5.74) is 1.24. The molecule has 0 saturated heterocycles. The van der Waals surface area contributed by atoms with Gasteiger partial charge in [0.05, 0.1) is 12.5 Å². The molecule has 0 unspecified atom stereocenters. The molecule has 2 rings (SSSR count). The summed E-state index contributed by atoms with van der Waals surface area (Å²) in [6.45, 7) is 3.01. The van der Waals surface area contributed by atoms with Crippen molar-refractivity contribution in [2.75, 3.05) is 13.1 Å². The highest BCUT2D eigenvalue weighted by molar-refractivity contribution is 7.89. The first kappa shape index (κ1) is 10.4. The maximum atomic E-state index is 12.0. The molecule has 1 aromatic rings. The molecule has 0 aliphatic carbocycles. The standard InChI is InChI=1S/C9H13N3O2S/c1-8-2-4-12(5-3-8)15(13,14)9-6-10-7-11-9/h2,6-7H,3-5H2,1H3,(H,10,11). The number of nitrogens with one attached hydrogen (secondary N) is 1. The van der Waals surface area contributed by atoms with E-state index in [0.29, 0.717) is 13.1 Å². The molecule has 1 aromatic heterocycles. The van der Waals surface area contributed by atoms with Gasteiger partial charge in [-0.1, -0.05) is 11.6 Å². The lowest BCUT2D eigenvalue weighted by molar-refractivity contribution is 0.429. The molecular formula is C9H13N3O2S. The summed E-state index contributed by atoms with van der Waals surface area (Å²) < 4.78 is 25.4. The van der Waals surface area contributed by atoms with E-state index >= 15 is 0 Å². The molecule has 6 heteroatoms. The van der Waals surface area contributed by atoms with Crippen LogP contribution in [0.1, 0.15) is 13.3 Å². The third kappa shape index (κ3) is 1.95. The van der Waals surface area contributed by atoms with E-state index in [1.807, 2.05) is 13.0 Å². The van der Waals surface area contributed by atoms with Gasteiger partial charge in [-0.05, 0) is 13.3 Å². The second-order valence-electron chi connectivity index (χ2n) is 3.58. The van der Waals surface area contributed by atoms with Gasteiger partial charge in [0.25, 0.3) is 10.0 Å². The predicted molar refractivity (Wildman–Crippen MR) is 55.7 cm³/mol. The van der Waals surface area contributed by atoms with E-state index in [1.165, 1.54) is 22.4 Å². The Labute approximate surface area is 88.9 Å². The summed E-state index contributed by atoms with van der Waals surface area (Å²) in [4.78, 5) is 6.35. The van der Waals surface area contributed by atoms with Crippen LogP contribution in [0, 0.1) is 0 Å². The van der Waals surface area contributed by atoms with Crippen molar-refractivity contribution in [2.45, 2.75) is 18.4 Å². The van der Waals surface area contributed by atoms with Gasteiger partial charge in [0.15, 0.2) is 5.03 Å². The number of rotatable bonds is 2. The van der Waals surface area contributed by atoms with E-state index in [0.717, 1.165) is 6.42 Å². The van der Waals surface area contributed by atoms with Gasteiger partial charge in [-0.15, -0.1) is 0 Å². The van der Waals surface area contributed by atoms with E-state index in [4.69, 9.17) is 0 Å². The van der Waals surface area contributed by atoms with Crippen molar-refractivity contribution in [3.05, 3.63) is 24.2 Å². The number of hydrogen-bond acceptors (Lipinski definition) is 3. The van der Waals surface area contributed by atoms with Crippen molar-refractivity contribution in [3.63, 3.8) is 0 Å². The van der Waals surface area contributed by atoms with Crippen LogP contribution in [0.25, 0.3) is 0 Å². The van der Waals surface area contributed by atoms with E-state index in [9.17, 15) is 8.42 Å². The minimum absolute atomic E-state index is 0.162. The molecular weight excluding hydrogens is 214 g/mol. The first-order valence-electron chi connectivity index (χ1n) is 4.75. The van der Waals surface area contributed by atoms with Gasteiger partial charge >= 0.3 is 0 Å². The zero-order valence-electron chi connectivity index (χ0n) is 8.47. The molecule has 82 valence electrons. The molecule has 0 fully saturated rings. The average Bonchev–Trinajstić information content (AvgIpc) is 2.71. The average molecular weight is 227 g/mol. The second kappa shape index (κ2) is 3.79. The Morgan fingerprint density at radius 3 is 2.87 bits per heavy atom. The SMILES string of the molecule is CC1=CCN(S(=O)(=O)c2cnc[nH]2)CC1. The minimum atomic E-state index is -3.37. The summed E-state index contributed by atoms with van der Waals surface area (Å²) in [6, 6.07) is 0. The Morgan fingerprint density at radius 2 is 2.33 bits per heavy atom. The zero-order valence-corrected chi connectivity index (χ0v) is 9.29. The monoisotopic (exact) mass is 227 g/mol. The normalized spacial score (nSPS) is 18.9. The summed E-state index contributed by atoms with van der Waals surface area (Å²) in [5, 5.41) is 0.162. The molecule has 0 aromatic carbocycles. The van der Waals surface area contributed by atoms with Gasteiger partial charge in [-0.3, -0.25) is 0 Å². The van der Waals surface area contributed by atoms with Gasteiger partial charge in [-0.25, -0.2) is 13.4 Å². The van der Waals surface area contributed by atoms with Crippen molar-refractivity contribution in [1.29, 1.82) is 0 Å². The maximum Gasteiger partial charge on any atom is 0.260 e. The fourth-order valence-corrected chi connectivity index (χ4v) is 2.77. The lowest BCUT2D eigenvalue weighted by Crippen LogP contribution is -2.34. The van der Waals surface area contributed by atoms with Gasteiger partial charge in [0.2, 0.25) is 0 Å². The minimum Gasteiger partial charge on any atom is -0.335 e. The number of aromatic amines is 1. The highest BCUT2D eigenvalue weighted by atomic mass is 32.2. The Kier molecular flexibility index (Phi) is 2.62. The summed E-state index contributed by atoms with van der Waals surface area (Å²) in [7, 11) is -3.37. The van der Waals surface area contributed by atoms with Crippen molar-refractivity contribution in [1.82, 2.24) is 14.3 Å². The summed E-state index contributed by atoms with van der Waals surface area (Å²) in [6.07, 6.45) is 5.45. The molecule has 1 N–H and O–H groups in total. The van der Waals surface area contributed by atoms with Crippen LogP contribution in [-0.2, 0) is 10.0 Å². The van der Waals surface area contributed by atoms with Crippen molar-refractivity contribution in [2.24, 2.45) is 0 Å². The first-order valence-corrected chi connectivity index (χ1v) is 6.19. The topological polar surface area (TPSA) is 66.1 Å². The highest BCUT2D eigenvalue weighted by Crippen LogP contribution is 2.17. The molecule has 0 saturated carbocycles. The quantitative estimate of drug-likeness (QED) is 0.758. The third-order valence-electron chi connectivity index (χ3n) is 2.49. The molecule has 0 atom stereocenters. The van der Waals surface area contributed by atoms with Crippen LogP contribution in [0.4, 0.5) is 0 Å². The number of hydrogen-bond donors (Lipinski definition) is 1. The van der Waals surface area contributed by atoms with Crippen LogP contribution in [0.15, 0.2) is 29.2 Å². The van der Waals surface area contributed by atoms with E-state index in [2.05, 4.69) is 9.97 Å². The second-order valence-corrected chi connectivity index (χ2v) is 5.49.